The predicted octanol–water partition coefficient (Wildman–Crippen LogP) is 4.43. The lowest BCUT2D eigenvalue weighted by molar-refractivity contribution is -0.137. The lowest BCUT2D eigenvalue weighted by Crippen LogP contribution is -2.36. The van der Waals surface area contributed by atoms with Crippen LogP contribution in [0.1, 0.15) is 45.0 Å². The quantitative estimate of drug-likeness (QED) is 0.368. The molecule has 1 atom stereocenters. The summed E-state index contributed by atoms with van der Waals surface area (Å²) in [5.41, 5.74) is 12.3. The summed E-state index contributed by atoms with van der Waals surface area (Å²) in [7, 11) is 0. The molecule has 0 radical (unpaired) electrons. The summed E-state index contributed by atoms with van der Waals surface area (Å²) in [5, 5.41) is 13.0. The number of nitrogens with zero attached hydrogens (tertiary/aromatic N) is 1. The first kappa shape index (κ1) is 23.5. The fourth-order valence-corrected chi connectivity index (χ4v) is 4.87. The molecule has 7 heteroatoms. The van der Waals surface area contributed by atoms with Crippen LogP contribution >= 0.6 is 0 Å². The van der Waals surface area contributed by atoms with Gasteiger partial charge in [-0.15, -0.1) is 0 Å². The number of carboxylic acid groups (broad SMARTS) is 1. The van der Waals surface area contributed by atoms with Gasteiger partial charge >= 0.3 is 5.97 Å². The highest BCUT2D eigenvalue weighted by Crippen LogP contribution is 2.34. The first-order valence-electron chi connectivity index (χ1n) is 12.1. The monoisotopic (exact) mass is 483 g/mol. The largest absolute Gasteiger partial charge is 0.490 e. The Labute approximate surface area is 210 Å². The third-order valence-electron chi connectivity index (χ3n) is 6.81. The lowest BCUT2D eigenvalue weighted by Gasteiger charge is -2.30. The third-order valence-corrected chi connectivity index (χ3v) is 6.81. The van der Waals surface area contributed by atoms with Crippen molar-refractivity contribution in [2.45, 2.75) is 25.3 Å². The Hall–Kier alpha value is -4.26. The molecule has 8 rings (SSSR count). The van der Waals surface area contributed by atoms with Crippen molar-refractivity contribution in [2.75, 3.05) is 30.7 Å². The molecule has 3 aromatic carbocycles. The van der Waals surface area contributed by atoms with Crippen LogP contribution in [0.15, 0.2) is 72.8 Å². The first-order chi connectivity index (χ1) is 17.5. The van der Waals surface area contributed by atoms with Crippen LogP contribution in [0, 0.1) is 0 Å². The van der Waals surface area contributed by atoms with Crippen molar-refractivity contribution in [1.29, 1.82) is 0 Å². The number of carbonyl (C=O) groups excluding carboxylic acids is 1. The van der Waals surface area contributed by atoms with E-state index in [-0.39, 0.29) is 18.2 Å². The molecular formula is C29H29N3O4. The van der Waals surface area contributed by atoms with Crippen molar-refractivity contribution in [3.8, 4) is 5.75 Å². The minimum atomic E-state index is -0.878. The zero-order valence-corrected chi connectivity index (χ0v) is 19.9. The Balaban J connectivity index is 1.54. The van der Waals surface area contributed by atoms with Crippen molar-refractivity contribution in [3.05, 3.63) is 101 Å². The van der Waals surface area contributed by atoms with Gasteiger partial charge in [-0.3, -0.25) is 9.59 Å². The van der Waals surface area contributed by atoms with Crippen molar-refractivity contribution < 1.29 is 19.4 Å². The number of anilines is 2. The summed E-state index contributed by atoms with van der Waals surface area (Å²) in [5.74, 6) is -0.557. The number of carbonyl (C=O) groups is 2. The van der Waals surface area contributed by atoms with E-state index in [1.165, 1.54) is 5.56 Å². The van der Waals surface area contributed by atoms with Gasteiger partial charge in [-0.2, -0.15) is 0 Å². The van der Waals surface area contributed by atoms with Crippen LogP contribution < -0.4 is 15.8 Å². The van der Waals surface area contributed by atoms with E-state index in [0.717, 1.165) is 28.8 Å². The molecule has 0 saturated heterocycles. The van der Waals surface area contributed by atoms with Gasteiger partial charge in [0.25, 0.3) is 5.91 Å². The summed E-state index contributed by atoms with van der Waals surface area (Å²) >= 11 is 0. The van der Waals surface area contributed by atoms with Crippen molar-refractivity contribution in [3.63, 3.8) is 0 Å². The molecule has 7 nitrogen and oxygen atoms in total. The summed E-state index contributed by atoms with van der Waals surface area (Å²) in [6.45, 7) is 2.10. The molecule has 0 aromatic heterocycles. The molecular weight excluding hydrogens is 454 g/mol. The lowest BCUT2D eigenvalue weighted by atomic mass is 9.85. The molecule has 36 heavy (non-hydrogen) atoms. The maximum absolute atomic E-state index is 13.2. The average molecular weight is 484 g/mol. The normalized spacial score (nSPS) is 18.3. The van der Waals surface area contributed by atoms with Crippen LogP contribution in [0.25, 0.3) is 0 Å². The number of hydrogen-bond donors (Lipinski definition) is 3. The maximum Gasteiger partial charge on any atom is 0.304 e. The minimum absolute atomic E-state index is 0.0279. The number of hydrogen-bond acceptors (Lipinski definition) is 5. The molecule has 3 aromatic rings. The molecule has 0 spiro atoms. The highest BCUT2D eigenvalue weighted by atomic mass is 16.5. The minimum Gasteiger partial charge on any atom is -0.490 e. The number of nitrogens with one attached hydrogen (secondary N) is 1. The first-order valence-corrected chi connectivity index (χ1v) is 12.1. The maximum atomic E-state index is 13.2. The van der Waals surface area contributed by atoms with Crippen LogP contribution in [-0.4, -0.2) is 41.6 Å². The van der Waals surface area contributed by atoms with E-state index < -0.39 is 5.97 Å². The second-order valence-corrected chi connectivity index (χ2v) is 9.19. The highest BCUT2D eigenvalue weighted by molar-refractivity contribution is 5.94. The van der Waals surface area contributed by atoms with Crippen molar-refractivity contribution in [2.24, 2.45) is 0 Å². The number of rotatable bonds is 2. The molecule has 184 valence electrons. The van der Waals surface area contributed by atoms with Crippen LogP contribution in [0.4, 0.5) is 11.4 Å². The van der Waals surface area contributed by atoms with Crippen LogP contribution in [0.3, 0.4) is 0 Å². The highest BCUT2D eigenvalue weighted by Gasteiger charge is 2.25. The fraction of sp³-hybridized carbons (Fsp3) is 0.241. The zero-order valence-electron chi connectivity index (χ0n) is 19.9. The van der Waals surface area contributed by atoms with Gasteiger partial charge in [0.2, 0.25) is 0 Å². The SMILES string of the molecule is Nc1cc2ccc1NC/C=C/COc1ccc(cc1)C(=O)N1CCc3ccc(cc3C1)C2CC(=O)O. The second kappa shape index (κ2) is 10.2. The number of aliphatic carboxylic acids is 1. The van der Waals surface area contributed by atoms with Gasteiger partial charge < -0.3 is 25.8 Å². The fourth-order valence-electron chi connectivity index (χ4n) is 4.87. The van der Waals surface area contributed by atoms with E-state index in [1.807, 2.05) is 53.5 Å². The summed E-state index contributed by atoms with van der Waals surface area (Å²) in [4.78, 5) is 26.9. The van der Waals surface area contributed by atoms with Crippen molar-refractivity contribution >= 4 is 23.3 Å². The van der Waals surface area contributed by atoms with E-state index in [0.29, 0.717) is 43.2 Å². The van der Waals surface area contributed by atoms with Gasteiger partial charge in [0, 0.05) is 31.1 Å². The summed E-state index contributed by atoms with van der Waals surface area (Å²) in [6, 6.07) is 19.0. The Kier molecular flexibility index (Phi) is 6.62. The van der Waals surface area contributed by atoms with Gasteiger partial charge in [-0.1, -0.05) is 30.3 Å². The van der Waals surface area contributed by atoms with Crippen molar-refractivity contribution in [1.82, 2.24) is 4.90 Å². The molecule has 1 amide bonds. The number of benzene rings is 3. The van der Waals surface area contributed by atoms with E-state index >= 15 is 0 Å². The second-order valence-electron chi connectivity index (χ2n) is 9.19. The Morgan fingerprint density at radius 3 is 2.58 bits per heavy atom. The molecule has 5 aliphatic rings. The zero-order chi connectivity index (χ0) is 25.1. The Morgan fingerprint density at radius 1 is 1.03 bits per heavy atom. The predicted molar refractivity (Wildman–Crippen MR) is 139 cm³/mol. The summed E-state index contributed by atoms with van der Waals surface area (Å²) < 4.78 is 5.76. The van der Waals surface area contributed by atoms with Gasteiger partial charge in [-0.25, -0.2) is 0 Å². The number of nitrogens with two attached hydrogens (primary N) is 1. The van der Waals surface area contributed by atoms with E-state index in [4.69, 9.17) is 10.5 Å². The van der Waals surface area contributed by atoms with Gasteiger partial charge in [0.05, 0.1) is 17.8 Å². The molecule has 0 saturated carbocycles. The molecule has 0 fully saturated rings. The third kappa shape index (κ3) is 5.05. The van der Waals surface area contributed by atoms with Gasteiger partial charge in [0.15, 0.2) is 0 Å². The van der Waals surface area contributed by atoms with Gasteiger partial charge in [-0.05, 0) is 71.1 Å². The molecule has 5 heterocycles. The number of nitrogen functional groups attached to an aromatic ring is 1. The van der Waals surface area contributed by atoms with E-state index in [1.54, 1.807) is 12.1 Å². The standard InChI is InChI=1S/C29H29N3O4/c30-26-16-22-7-10-27(26)31-12-1-2-14-36-24-8-5-20(6-9-24)29(35)32-13-11-19-3-4-21(15-23(19)18-32)25(22)17-28(33)34/h1-10,15-16,25,31H,11-14,17-18,30H2,(H,33,34)/b2-1+. The van der Waals surface area contributed by atoms with Crippen LogP contribution in [0.2, 0.25) is 0 Å². The number of amides is 1. The van der Waals surface area contributed by atoms with E-state index in [2.05, 4.69) is 17.4 Å². The molecule has 1 unspecified atom stereocenters. The van der Waals surface area contributed by atoms with Crippen LogP contribution in [-0.2, 0) is 17.8 Å². The van der Waals surface area contributed by atoms with Gasteiger partial charge in [0.1, 0.15) is 12.4 Å². The Morgan fingerprint density at radius 2 is 1.81 bits per heavy atom. The molecule has 5 aliphatic heterocycles. The Bertz CT molecular complexity index is 1320. The summed E-state index contributed by atoms with van der Waals surface area (Å²) in [6.07, 6.45) is 4.58. The average Bonchev–Trinajstić information content (AvgIpc) is 2.88. The van der Waals surface area contributed by atoms with Crippen LogP contribution in [0.5, 0.6) is 5.75 Å². The number of carboxylic acids is 1. The molecule has 4 N–H and O–H groups in total. The topological polar surface area (TPSA) is 105 Å². The smallest absolute Gasteiger partial charge is 0.304 e. The molecule has 0 aliphatic carbocycles. The number of ether oxygens (including phenoxy) is 1. The molecule has 7 bridgehead atoms. The van der Waals surface area contributed by atoms with E-state index in [9.17, 15) is 14.7 Å².